The van der Waals surface area contributed by atoms with E-state index in [0.717, 1.165) is 56.1 Å². The number of nitro groups is 1. The summed E-state index contributed by atoms with van der Waals surface area (Å²) in [6, 6.07) is 10.6. The van der Waals surface area contributed by atoms with Crippen LogP contribution >= 0.6 is 0 Å². The van der Waals surface area contributed by atoms with Crippen LogP contribution in [0.2, 0.25) is 0 Å². The molecule has 256 valence electrons. The molecule has 3 rings (SSSR count). The molecule has 0 aliphatic carbocycles. The van der Waals surface area contributed by atoms with Gasteiger partial charge in [0.05, 0.1) is 22.0 Å². The lowest BCUT2D eigenvalue weighted by molar-refractivity contribution is -0.385. The fourth-order valence-electron chi connectivity index (χ4n) is 3.96. The smallest absolute Gasteiger partial charge is 0.397 e. The zero-order valence-electron chi connectivity index (χ0n) is 28.3. The van der Waals surface area contributed by atoms with Crippen LogP contribution in [-0.4, -0.2) is 33.7 Å². The van der Waals surface area contributed by atoms with E-state index in [4.69, 9.17) is 11.1 Å². The molecule has 2 aromatic heterocycles. The Morgan fingerprint density at radius 2 is 1.61 bits per heavy atom. The van der Waals surface area contributed by atoms with E-state index in [0.29, 0.717) is 35.3 Å². The van der Waals surface area contributed by atoms with Crippen LogP contribution in [0.15, 0.2) is 54.9 Å². The molecule has 0 amide bonds. The van der Waals surface area contributed by atoms with Gasteiger partial charge in [0, 0.05) is 25.4 Å². The number of benzene rings is 1. The van der Waals surface area contributed by atoms with Crippen molar-refractivity contribution in [3.8, 4) is 0 Å². The van der Waals surface area contributed by atoms with Crippen molar-refractivity contribution in [2.45, 2.75) is 93.2 Å². The second kappa shape index (κ2) is 21.6. The van der Waals surface area contributed by atoms with Crippen LogP contribution in [0.4, 0.5) is 34.6 Å². The van der Waals surface area contributed by atoms with Crippen LogP contribution in [0, 0.1) is 27.3 Å². The maximum Gasteiger partial charge on any atom is 0.433 e. The summed E-state index contributed by atoms with van der Waals surface area (Å²) in [6.07, 6.45) is 1.76. The minimum absolute atomic E-state index is 0.0744. The molecule has 0 bridgehead atoms. The Morgan fingerprint density at radius 1 is 1.00 bits per heavy atom. The van der Waals surface area contributed by atoms with Crippen molar-refractivity contribution in [1.29, 1.82) is 5.41 Å². The Bertz CT molecular complexity index is 1310. The summed E-state index contributed by atoms with van der Waals surface area (Å²) < 4.78 is 49.9. The first-order chi connectivity index (χ1) is 21.7. The number of rotatable bonds is 11. The third-order valence-corrected chi connectivity index (χ3v) is 6.93. The average molecular weight is 651 g/mol. The number of pyridine rings is 2. The van der Waals surface area contributed by atoms with E-state index in [2.05, 4.69) is 55.6 Å². The molecule has 2 heterocycles. The lowest BCUT2D eigenvalue weighted by Gasteiger charge is -2.25. The van der Waals surface area contributed by atoms with Gasteiger partial charge in [0.1, 0.15) is 23.4 Å². The summed E-state index contributed by atoms with van der Waals surface area (Å²) >= 11 is 0. The van der Waals surface area contributed by atoms with Crippen LogP contribution in [-0.2, 0) is 6.18 Å². The zero-order valence-corrected chi connectivity index (χ0v) is 28.3. The number of hydrogen-bond donors (Lipinski definition) is 2. The summed E-state index contributed by atoms with van der Waals surface area (Å²) in [6.45, 7) is 18.5. The van der Waals surface area contributed by atoms with Crippen LogP contribution < -0.4 is 10.6 Å². The molecular weight excluding hydrogens is 600 g/mol. The van der Waals surface area contributed by atoms with Crippen molar-refractivity contribution in [2.75, 3.05) is 23.7 Å². The topological polar surface area (TPSA) is 122 Å². The largest absolute Gasteiger partial charge is 0.433 e. The Hall–Kier alpha value is -4.09. The number of halogens is 4. The summed E-state index contributed by atoms with van der Waals surface area (Å²) in [5, 5.41) is 17.9. The zero-order chi connectivity index (χ0) is 35.4. The highest BCUT2D eigenvalue weighted by Gasteiger charge is 2.32. The van der Waals surface area contributed by atoms with E-state index in [-0.39, 0.29) is 11.7 Å². The lowest BCUT2D eigenvalue weighted by atomic mass is 9.98. The van der Waals surface area contributed by atoms with Crippen molar-refractivity contribution < 1.29 is 22.5 Å². The molecule has 12 heteroatoms. The molecule has 3 N–H and O–H groups in total. The second-order valence-electron chi connectivity index (χ2n) is 10.3. The van der Waals surface area contributed by atoms with Crippen LogP contribution in [0.3, 0.4) is 0 Å². The molecule has 2 unspecified atom stereocenters. The number of anilines is 2. The molecular formula is C34H50F4N6O2. The van der Waals surface area contributed by atoms with Gasteiger partial charge >= 0.3 is 6.18 Å². The normalized spacial score (nSPS) is 11.7. The third kappa shape index (κ3) is 13.9. The van der Waals surface area contributed by atoms with Gasteiger partial charge in [0.2, 0.25) is 0 Å². The fourth-order valence-corrected chi connectivity index (χ4v) is 3.96. The van der Waals surface area contributed by atoms with Gasteiger partial charge in [-0.1, -0.05) is 61.5 Å². The standard InChI is InChI=1S/C16H26FN.C10H15N3.C6H3F3N2O2.C2H6/c1-5-10-18(11-6-2)16-9-8-14(12-15(16)17)13(4)7-3;1-3-7(2)9(12)10-8(11)5-4-6-13-10;7-6(8,9)5-2-1-4(3-10-5)11(12)13;1-2/h8-9,12-13H,5-7,10-11H2,1-4H3;4-7,12H,3,11H2,1-2H3;1-3H;1-2H3. The van der Waals surface area contributed by atoms with Crippen LogP contribution in [0.5, 0.6) is 0 Å². The quantitative estimate of drug-likeness (QED) is 0.0922. The molecule has 0 aliphatic heterocycles. The van der Waals surface area contributed by atoms with E-state index < -0.39 is 22.5 Å². The number of aromatic nitrogens is 2. The number of alkyl halides is 3. The van der Waals surface area contributed by atoms with Gasteiger partial charge in [0.15, 0.2) is 0 Å². The van der Waals surface area contributed by atoms with Crippen molar-refractivity contribution >= 4 is 22.8 Å². The molecule has 0 aliphatic rings. The van der Waals surface area contributed by atoms with Crippen LogP contribution in [0.1, 0.15) is 104 Å². The first-order valence-electron chi connectivity index (χ1n) is 15.7. The molecule has 0 spiro atoms. The molecule has 0 saturated carbocycles. The molecule has 2 atom stereocenters. The molecule has 3 aromatic rings. The van der Waals surface area contributed by atoms with Crippen molar-refractivity contribution in [3.05, 3.63) is 87.7 Å². The highest BCUT2D eigenvalue weighted by molar-refractivity contribution is 6.01. The maximum atomic E-state index is 14.2. The number of hydrogen-bond acceptors (Lipinski definition) is 7. The number of nitrogens with one attached hydrogen (secondary N) is 1. The Labute approximate surface area is 271 Å². The van der Waals surface area contributed by atoms with Gasteiger partial charge in [-0.3, -0.25) is 15.1 Å². The predicted molar refractivity (Wildman–Crippen MR) is 180 cm³/mol. The summed E-state index contributed by atoms with van der Waals surface area (Å²) in [5.74, 6) is 0.575. The summed E-state index contributed by atoms with van der Waals surface area (Å²) in [7, 11) is 0. The van der Waals surface area contributed by atoms with Gasteiger partial charge in [-0.2, -0.15) is 13.2 Å². The van der Waals surface area contributed by atoms with E-state index >= 15 is 0 Å². The lowest BCUT2D eigenvalue weighted by Crippen LogP contribution is -2.25. The van der Waals surface area contributed by atoms with Gasteiger partial charge in [-0.25, -0.2) is 9.37 Å². The Balaban J connectivity index is 0.000000654. The molecule has 8 nitrogen and oxygen atoms in total. The van der Waals surface area contributed by atoms with E-state index in [1.54, 1.807) is 24.4 Å². The monoisotopic (exact) mass is 650 g/mol. The van der Waals surface area contributed by atoms with E-state index in [1.807, 2.05) is 26.8 Å². The van der Waals surface area contributed by atoms with E-state index in [1.165, 1.54) is 0 Å². The number of nitrogens with zero attached hydrogens (tertiary/aromatic N) is 4. The highest BCUT2D eigenvalue weighted by Crippen LogP contribution is 2.28. The van der Waals surface area contributed by atoms with Gasteiger partial charge in [-0.15, -0.1) is 0 Å². The number of nitrogen functional groups attached to an aromatic ring is 1. The average Bonchev–Trinajstić information content (AvgIpc) is 3.05. The van der Waals surface area contributed by atoms with Crippen molar-refractivity contribution in [3.63, 3.8) is 0 Å². The van der Waals surface area contributed by atoms with Gasteiger partial charge in [-0.05, 0) is 73.4 Å². The van der Waals surface area contributed by atoms with Gasteiger partial charge in [0.25, 0.3) is 5.69 Å². The third-order valence-electron chi connectivity index (χ3n) is 6.93. The molecule has 1 aromatic carbocycles. The summed E-state index contributed by atoms with van der Waals surface area (Å²) in [5.41, 5.74) is 7.70. The summed E-state index contributed by atoms with van der Waals surface area (Å²) in [4.78, 5) is 18.4. The van der Waals surface area contributed by atoms with Gasteiger partial charge < -0.3 is 16.0 Å². The predicted octanol–water partition coefficient (Wildman–Crippen LogP) is 10.1. The van der Waals surface area contributed by atoms with Crippen LogP contribution in [0.25, 0.3) is 0 Å². The molecule has 0 fully saturated rings. The minimum atomic E-state index is -4.56. The Morgan fingerprint density at radius 3 is 2.02 bits per heavy atom. The minimum Gasteiger partial charge on any atom is -0.397 e. The Kier molecular flexibility index (Phi) is 19.7. The maximum absolute atomic E-state index is 14.2. The van der Waals surface area contributed by atoms with Crippen molar-refractivity contribution in [2.24, 2.45) is 5.92 Å². The molecule has 46 heavy (non-hydrogen) atoms. The highest BCUT2D eigenvalue weighted by atomic mass is 19.4. The molecule has 0 saturated heterocycles. The number of nitrogens with two attached hydrogens (primary N) is 1. The van der Waals surface area contributed by atoms with Crippen molar-refractivity contribution in [1.82, 2.24) is 9.97 Å². The van der Waals surface area contributed by atoms with E-state index in [9.17, 15) is 27.7 Å². The second-order valence-corrected chi connectivity index (χ2v) is 10.3. The molecule has 0 radical (unpaired) electrons. The fraction of sp³-hybridized carbons (Fsp3) is 0.500. The SMILES string of the molecule is CC.CCC(C)C(=N)c1ncccc1N.CCCN(CCC)c1ccc(C(C)CC)cc1F.O=[N+]([O-])c1ccc(C(F)(F)F)nc1. The first kappa shape index (κ1) is 41.9. The first-order valence-corrected chi connectivity index (χ1v) is 15.7.